The van der Waals surface area contributed by atoms with E-state index in [2.05, 4.69) is 0 Å². The standard InChI is InChI=1S/C4H7O2P/c1-7-3-2-4(5)6/h2-3,7H,1H3,(H,5,6). The van der Waals surface area contributed by atoms with Gasteiger partial charge in [0.2, 0.25) is 0 Å². The molecule has 1 atom stereocenters. The lowest BCUT2D eigenvalue weighted by Gasteiger charge is -1.74. The number of carboxylic acids is 1. The van der Waals surface area contributed by atoms with E-state index < -0.39 is 5.97 Å². The van der Waals surface area contributed by atoms with Gasteiger partial charge in [-0.15, -0.1) is 8.58 Å². The van der Waals surface area contributed by atoms with E-state index in [1.165, 1.54) is 0 Å². The second-order valence-electron chi connectivity index (χ2n) is 0.960. The molecule has 7 heavy (non-hydrogen) atoms. The van der Waals surface area contributed by atoms with Gasteiger partial charge in [-0.25, -0.2) is 4.79 Å². The SMILES string of the molecule is CPC=CC(=O)O. The molecule has 0 bridgehead atoms. The number of aliphatic carboxylic acids is 1. The molecule has 0 rings (SSSR count). The van der Waals surface area contributed by atoms with Crippen LogP contribution in [-0.4, -0.2) is 17.7 Å². The van der Waals surface area contributed by atoms with E-state index in [-0.39, 0.29) is 0 Å². The number of carboxylic acid groups (broad SMARTS) is 1. The van der Waals surface area contributed by atoms with E-state index in [4.69, 9.17) is 5.11 Å². The van der Waals surface area contributed by atoms with Crippen LogP contribution in [-0.2, 0) is 4.79 Å². The van der Waals surface area contributed by atoms with E-state index >= 15 is 0 Å². The Hall–Kier alpha value is -0.360. The minimum atomic E-state index is -0.866. The van der Waals surface area contributed by atoms with Crippen molar-refractivity contribution in [2.24, 2.45) is 0 Å². The molecule has 0 aromatic heterocycles. The summed E-state index contributed by atoms with van der Waals surface area (Å²) in [5.41, 5.74) is 0. The fourth-order valence-corrected chi connectivity index (χ4v) is 0.464. The molecule has 0 fully saturated rings. The van der Waals surface area contributed by atoms with E-state index in [0.717, 1.165) is 6.08 Å². The van der Waals surface area contributed by atoms with Crippen molar-refractivity contribution < 1.29 is 9.90 Å². The van der Waals surface area contributed by atoms with E-state index in [0.29, 0.717) is 8.58 Å². The maximum atomic E-state index is 9.68. The summed E-state index contributed by atoms with van der Waals surface area (Å²) in [6.07, 6.45) is 1.15. The largest absolute Gasteiger partial charge is 0.478 e. The lowest BCUT2D eigenvalue weighted by Crippen LogP contribution is -1.83. The van der Waals surface area contributed by atoms with Crippen molar-refractivity contribution in [3.05, 3.63) is 11.9 Å². The van der Waals surface area contributed by atoms with Crippen LogP contribution in [0.4, 0.5) is 0 Å². The highest BCUT2D eigenvalue weighted by atomic mass is 31.1. The first-order chi connectivity index (χ1) is 3.27. The average molecular weight is 118 g/mol. The lowest BCUT2D eigenvalue weighted by atomic mass is 10.7. The van der Waals surface area contributed by atoms with Gasteiger partial charge in [-0.3, -0.25) is 0 Å². The van der Waals surface area contributed by atoms with Gasteiger partial charge in [0, 0.05) is 6.08 Å². The molecule has 0 amide bonds. The minimum Gasteiger partial charge on any atom is -0.478 e. The highest BCUT2D eigenvalue weighted by molar-refractivity contribution is 7.40. The molecule has 0 aliphatic carbocycles. The molecule has 0 saturated heterocycles. The Balaban J connectivity index is 3.26. The highest BCUT2D eigenvalue weighted by Crippen LogP contribution is 2.01. The summed E-state index contributed by atoms with van der Waals surface area (Å²) < 4.78 is 0. The zero-order chi connectivity index (χ0) is 5.70. The third-order valence-corrected chi connectivity index (χ3v) is 0.893. The Morgan fingerprint density at radius 2 is 2.43 bits per heavy atom. The Labute approximate surface area is 44.0 Å². The fraction of sp³-hybridized carbons (Fsp3) is 0.250. The summed E-state index contributed by atoms with van der Waals surface area (Å²) in [6, 6.07) is 0. The fourth-order valence-electron chi connectivity index (χ4n) is 0.155. The molecular formula is C4H7O2P. The van der Waals surface area contributed by atoms with Crippen molar-refractivity contribution >= 4 is 14.6 Å². The summed E-state index contributed by atoms with van der Waals surface area (Å²) in [4.78, 5) is 9.68. The second kappa shape index (κ2) is 3.82. The molecule has 0 heterocycles. The Morgan fingerprint density at radius 3 is 2.57 bits per heavy atom. The number of carbonyl (C=O) groups is 1. The third-order valence-electron chi connectivity index (χ3n) is 0.393. The van der Waals surface area contributed by atoms with Gasteiger partial charge in [-0.05, 0) is 6.66 Å². The third kappa shape index (κ3) is 5.64. The molecule has 0 aromatic rings. The molecular weight excluding hydrogens is 111 g/mol. The van der Waals surface area contributed by atoms with Crippen LogP contribution in [0, 0.1) is 0 Å². The van der Waals surface area contributed by atoms with E-state index in [1.807, 2.05) is 6.66 Å². The van der Waals surface area contributed by atoms with Gasteiger partial charge in [0.05, 0.1) is 0 Å². The molecule has 40 valence electrons. The van der Waals surface area contributed by atoms with Crippen molar-refractivity contribution in [2.75, 3.05) is 6.66 Å². The van der Waals surface area contributed by atoms with Crippen LogP contribution in [0.15, 0.2) is 11.9 Å². The first-order valence-electron chi connectivity index (χ1n) is 1.84. The van der Waals surface area contributed by atoms with Crippen molar-refractivity contribution in [2.45, 2.75) is 0 Å². The van der Waals surface area contributed by atoms with E-state index in [1.54, 1.807) is 5.82 Å². The Morgan fingerprint density at radius 1 is 1.86 bits per heavy atom. The number of hydrogen-bond donors (Lipinski definition) is 1. The van der Waals surface area contributed by atoms with Crippen molar-refractivity contribution in [3.8, 4) is 0 Å². The topological polar surface area (TPSA) is 37.3 Å². The first-order valence-corrected chi connectivity index (χ1v) is 3.42. The molecule has 0 aliphatic rings. The van der Waals surface area contributed by atoms with Gasteiger partial charge in [0.15, 0.2) is 0 Å². The summed E-state index contributed by atoms with van der Waals surface area (Å²) >= 11 is 0. The highest BCUT2D eigenvalue weighted by Gasteiger charge is 1.79. The Kier molecular flexibility index (Phi) is 3.62. The summed E-state index contributed by atoms with van der Waals surface area (Å²) in [5, 5.41) is 7.96. The van der Waals surface area contributed by atoms with E-state index in [9.17, 15) is 4.79 Å². The molecule has 2 nitrogen and oxygen atoms in total. The van der Waals surface area contributed by atoms with Gasteiger partial charge >= 0.3 is 5.97 Å². The molecule has 0 spiro atoms. The predicted molar refractivity (Wildman–Crippen MR) is 31.0 cm³/mol. The Bertz CT molecular complexity index is 87.7. The number of hydrogen-bond acceptors (Lipinski definition) is 1. The van der Waals surface area contributed by atoms with Crippen molar-refractivity contribution in [3.63, 3.8) is 0 Å². The van der Waals surface area contributed by atoms with Crippen LogP contribution < -0.4 is 0 Å². The quantitative estimate of drug-likeness (QED) is 0.432. The van der Waals surface area contributed by atoms with Gasteiger partial charge in [-0.2, -0.15) is 0 Å². The molecule has 0 aliphatic heterocycles. The zero-order valence-corrected chi connectivity index (χ0v) is 5.01. The van der Waals surface area contributed by atoms with Crippen LogP contribution in [0.2, 0.25) is 0 Å². The van der Waals surface area contributed by atoms with Crippen LogP contribution in [0.3, 0.4) is 0 Å². The summed E-state index contributed by atoms with van der Waals surface area (Å²) in [6.45, 7) is 1.92. The van der Waals surface area contributed by atoms with Crippen molar-refractivity contribution in [1.29, 1.82) is 0 Å². The average Bonchev–Trinajstić information content (AvgIpc) is 1.61. The first kappa shape index (κ1) is 6.64. The normalized spacial score (nSPS) is 11.6. The van der Waals surface area contributed by atoms with Crippen LogP contribution in [0.25, 0.3) is 0 Å². The van der Waals surface area contributed by atoms with Crippen LogP contribution in [0.1, 0.15) is 0 Å². The molecule has 0 aromatic carbocycles. The smallest absolute Gasteiger partial charge is 0.328 e. The predicted octanol–water partition coefficient (Wildman–Crippen LogP) is 0.893. The summed E-state index contributed by atoms with van der Waals surface area (Å²) in [5.74, 6) is 0.761. The maximum Gasteiger partial charge on any atom is 0.328 e. The molecule has 1 N–H and O–H groups in total. The van der Waals surface area contributed by atoms with Gasteiger partial charge in [-0.1, -0.05) is 5.82 Å². The lowest BCUT2D eigenvalue weighted by molar-refractivity contribution is -0.131. The van der Waals surface area contributed by atoms with Gasteiger partial charge in [0.1, 0.15) is 0 Å². The second-order valence-corrected chi connectivity index (χ2v) is 1.87. The van der Waals surface area contributed by atoms with Crippen LogP contribution >= 0.6 is 8.58 Å². The monoisotopic (exact) mass is 118 g/mol. The molecule has 3 heteroatoms. The van der Waals surface area contributed by atoms with Gasteiger partial charge < -0.3 is 5.11 Å². The number of rotatable bonds is 2. The zero-order valence-electron chi connectivity index (χ0n) is 4.01. The minimum absolute atomic E-state index is 0.589. The summed E-state index contributed by atoms with van der Waals surface area (Å²) in [7, 11) is 0.589. The molecule has 0 radical (unpaired) electrons. The van der Waals surface area contributed by atoms with Crippen molar-refractivity contribution in [1.82, 2.24) is 0 Å². The maximum absolute atomic E-state index is 9.68. The molecule has 1 unspecified atom stereocenters. The van der Waals surface area contributed by atoms with Crippen LogP contribution in [0.5, 0.6) is 0 Å². The van der Waals surface area contributed by atoms with Gasteiger partial charge in [0.25, 0.3) is 0 Å². The molecule has 0 saturated carbocycles.